The van der Waals surface area contributed by atoms with Crippen LogP contribution in [-0.4, -0.2) is 23.9 Å². The highest BCUT2D eigenvalue weighted by Crippen LogP contribution is 2.46. The van der Waals surface area contributed by atoms with E-state index in [-0.39, 0.29) is 23.0 Å². The van der Waals surface area contributed by atoms with Gasteiger partial charge < -0.3 is 18.9 Å². The number of benzene rings is 4. The average molecular weight is 484 g/mol. The smallest absolute Gasteiger partial charge is 0.308 e. The van der Waals surface area contributed by atoms with Crippen molar-refractivity contribution >= 4 is 45.4 Å². The van der Waals surface area contributed by atoms with Crippen molar-refractivity contribution in [1.82, 2.24) is 0 Å². The molecule has 5 rings (SSSR count). The predicted molar refractivity (Wildman–Crippen MR) is 128 cm³/mol. The zero-order chi connectivity index (χ0) is 25.7. The number of hydrogen-bond acceptors (Lipinski definition) is 8. The van der Waals surface area contributed by atoms with Crippen LogP contribution in [0.5, 0.6) is 23.0 Å². The summed E-state index contributed by atoms with van der Waals surface area (Å²) in [5.74, 6) is -1.39. The molecule has 0 saturated carbocycles. The predicted octanol–water partition coefficient (Wildman–Crippen LogP) is 4.58. The maximum atomic E-state index is 12.1. The van der Waals surface area contributed by atoms with Crippen LogP contribution in [0.15, 0.2) is 48.5 Å². The van der Waals surface area contributed by atoms with Gasteiger partial charge in [-0.25, -0.2) is 0 Å². The Morgan fingerprint density at radius 3 is 0.778 bits per heavy atom. The van der Waals surface area contributed by atoms with Crippen LogP contribution in [0.1, 0.15) is 27.7 Å². The molecule has 0 spiro atoms. The third-order valence-corrected chi connectivity index (χ3v) is 5.72. The molecular weight excluding hydrogens is 464 g/mol. The molecule has 8 heteroatoms. The van der Waals surface area contributed by atoms with Crippen molar-refractivity contribution in [3.63, 3.8) is 0 Å². The lowest BCUT2D eigenvalue weighted by Crippen LogP contribution is -2.13. The molecule has 0 unspecified atom stereocenters. The molecule has 0 saturated heterocycles. The molecule has 0 aromatic heterocycles. The van der Waals surface area contributed by atoms with E-state index >= 15 is 0 Å². The summed E-state index contributed by atoms with van der Waals surface area (Å²) < 4.78 is 22.7. The van der Waals surface area contributed by atoms with Gasteiger partial charge >= 0.3 is 23.9 Å². The molecule has 0 bridgehead atoms. The summed E-state index contributed by atoms with van der Waals surface area (Å²) in [5.41, 5.74) is 0. The third-order valence-electron chi connectivity index (χ3n) is 5.72. The van der Waals surface area contributed by atoms with Crippen LogP contribution in [0.4, 0.5) is 0 Å². The minimum atomic E-state index is -0.564. The van der Waals surface area contributed by atoms with Gasteiger partial charge in [0.05, 0.1) is 0 Å². The highest BCUT2D eigenvalue weighted by molar-refractivity contribution is 6.00. The lowest BCUT2D eigenvalue weighted by Gasteiger charge is -2.21. The summed E-state index contributed by atoms with van der Waals surface area (Å²) in [6.45, 7) is 5.10. The fraction of sp³-hybridized carbons (Fsp3) is 0.143. The molecule has 0 radical (unpaired) electrons. The van der Waals surface area contributed by atoms with Crippen LogP contribution >= 0.6 is 0 Å². The van der Waals surface area contributed by atoms with Crippen LogP contribution < -0.4 is 18.9 Å². The van der Waals surface area contributed by atoms with Crippen molar-refractivity contribution in [1.29, 1.82) is 0 Å². The molecule has 4 aromatic rings. The topological polar surface area (TPSA) is 105 Å². The quantitative estimate of drug-likeness (QED) is 0.270. The first kappa shape index (κ1) is 23.0. The van der Waals surface area contributed by atoms with Crippen LogP contribution in [0, 0.1) is 20.9 Å². The first-order valence-electron chi connectivity index (χ1n) is 11.1. The molecule has 0 N–H and O–H groups in total. The molecule has 0 heterocycles. The number of hydrogen-bond donors (Lipinski definition) is 0. The Labute approximate surface area is 203 Å². The van der Waals surface area contributed by atoms with E-state index in [4.69, 9.17) is 18.9 Å². The van der Waals surface area contributed by atoms with Gasteiger partial charge in [0.25, 0.3) is 0 Å². The highest BCUT2D eigenvalue weighted by Gasteiger charge is 2.28. The van der Waals surface area contributed by atoms with E-state index in [1.165, 1.54) is 27.7 Å². The average Bonchev–Trinajstić information content (AvgIpc) is 2.79. The van der Waals surface area contributed by atoms with Gasteiger partial charge in [0.2, 0.25) is 0 Å². The number of rotatable bonds is 4. The van der Waals surface area contributed by atoms with Gasteiger partial charge in [-0.15, -0.1) is 0 Å². The van der Waals surface area contributed by atoms with Gasteiger partial charge in [0, 0.05) is 70.1 Å². The Hall–Kier alpha value is -4.72. The summed E-state index contributed by atoms with van der Waals surface area (Å²) in [4.78, 5) is 48.6. The van der Waals surface area contributed by atoms with Crippen LogP contribution in [0.3, 0.4) is 0 Å². The Balaban J connectivity index is 2.16. The standard InChI is InChI=1S/C28H20O8/c1-13(29)33-25-17-9-5-6-10-18(17)26(34-14(2)30)22-21(25)23-24(22)28(36-16(4)32)20-12-8-7-11-19(20)27(23)35-15(3)31/h5-12H,1-4H3. The monoisotopic (exact) mass is 484 g/mol. The van der Waals surface area contributed by atoms with Crippen molar-refractivity contribution in [3.05, 3.63) is 69.4 Å². The van der Waals surface area contributed by atoms with Gasteiger partial charge in [0.1, 0.15) is 23.0 Å². The van der Waals surface area contributed by atoms with Crippen molar-refractivity contribution in [2.75, 3.05) is 0 Å². The second-order valence-corrected chi connectivity index (χ2v) is 8.28. The number of ether oxygens (including phenoxy) is 4. The van der Waals surface area contributed by atoms with Gasteiger partial charge in [0.15, 0.2) is 0 Å². The van der Waals surface area contributed by atoms with Gasteiger partial charge in [-0.05, 0) is 0 Å². The van der Waals surface area contributed by atoms with E-state index in [0.717, 1.165) is 0 Å². The maximum Gasteiger partial charge on any atom is 0.308 e. The highest BCUT2D eigenvalue weighted by atomic mass is 16.5. The number of esters is 4. The van der Waals surface area contributed by atoms with E-state index in [1.54, 1.807) is 48.5 Å². The lowest BCUT2D eigenvalue weighted by molar-refractivity contribution is -0.133. The SMILES string of the molecule is CC(=O)Oc1c2c(c(OC(C)=O)c3ccccc13)=c1c(OC(C)=O)c3ccccc3c(OC(C)=O)c1=2. The number of carbonyl (C=O) groups excluding carboxylic acids is 4. The van der Waals surface area contributed by atoms with E-state index in [9.17, 15) is 19.2 Å². The van der Waals surface area contributed by atoms with Crippen LogP contribution in [-0.2, 0) is 19.2 Å². The van der Waals surface area contributed by atoms with Crippen LogP contribution in [0.2, 0.25) is 0 Å². The zero-order valence-corrected chi connectivity index (χ0v) is 19.9. The van der Waals surface area contributed by atoms with E-state index in [2.05, 4.69) is 0 Å². The fourth-order valence-corrected chi connectivity index (χ4v) is 4.64. The summed E-state index contributed by atoms with van der Waals surface area (Å²) >= 11 is 0. The molecular formula is C28H20O8. The molecule has 0 amide bonds. The zero-order valence-electron chi connectivity index (χ0n) is 19.9. The number of fused-ring (bicyclic) bond motifs is 4. The molecule has 0 aliphatic heterocycles. The summed E-state index contributed by atoms with van der Waals surface area (Å²) in [5, 5.41) is 3.70. The van der Waals surface area contributed by atoms with Crippen molar-refractivity contribution in [3.8, 4) is 23.0 Å². The van der Waals surface area contributed by atoms with E-state index < -0.39 is 23.9 Å². The summed E-state index contributed by atoms with van der Waals surface area (Å²) in [6.07, 6.45) is 0. The Morgan fingerprint density at radius 1 is 0.417 bits per heavy atom. The van der Waals surface area contributed by atoms with Gasteiger partial charge in [-0.3, -0.25) is 19.2 Å². The van der Waals surface area contributed by atoms with Crippen molar-refractivity contribution in [2.24, 2.45) is 0 Å². The molecule has 1 aliphatic rings. The minimum absolute atomic E-state index is 0.217. The first-order valence-corrected chi connectivity index (χ1v) is 11.1. The van der Waals surface area contributed by atoms with Crippen molar-refractivity contribution in [2.45, 2.75) is 27.7 Å². The summed E-state index contributed by atoms with van der Waals surface area (Å²) in [7, 11) is 0. The third kappa shape index (κ3) is 3.54. The van der Waals surface area contributed by atoms with E-state index in [1.807, 2.05) is 0 Å². The largest absolute Gasteiger partial charge is 0.425 e. The van der Waals surface area contributed by atoms with Gasteiger partial charge in [-0.1, -0.05) is 48.5 Å². The fourth-order valence-electron chi connectivity index (χ4n) is 4.64. The molecule has 180 valence electrons. The van der Waals surface area contributed by atoms with Crippen LogP contribution in [0.25, 0.3) is 21.5 Å². The molecule has 0 fully saturated rings. The van der Waals surface area contributed by atoms with E-state index in [0.29, 0.717) is 42.4 Å². The van der Waals surface area contributed by atoms with Gasteiger partial charge in [-0.2, -0.15) is 0 Å². The Bertz CT molecular complexity index is 1560. The molecule has 4 aromatic carbocycles. The normalized spacial score (nSPS) is 11.2. The Kier molecular flexibility index (Phi) is 5.44. The molecule has 1 aliphatic carbocycles. The summed E-state index contributed by atoms with van der Waals surface area (Å²) in [6, 6.07) is 14.0. The maximum absolute atomic E-state index is 12.1. The number of carbonyl (C=O) groups is 4. The first-order chi connectivity index (χ1) is 17.2. The minimum Gasteiger partial charge on any atom is -0.425 e. The molecule has 36 heavy (non-hydrogen) atoms. The van der Waals surface area contributed by atoms with Crippen molar-refractivity contribution < 1.29 is 38.1 Å². The molecule has 8 nitrogen and oxygen atoms in total. The lowest BCUT2D eigenvalue weighted by atomic mass is 9.91. The Morgan fingerprint density at radius 2 is 0.611 bits per heavy atom. The second kappa shape index (κ2) is 8.49. The molecule has 0 atom stereocenters. The second-order valence-electron chi connectivity index (χ2n) is 8.28.